The van der Waals surface area contributed by atoms with Crippen LogP contribution in [0.15, 0.2) is 41.0 Å². The van der Waals surface area contributed by atoms with Crippen LogP contribution in [0.2, 0.25) is 0 Å². The van der Waals surface area contributed by atoms with E-state index in [-0.39, 0.29) is 5.78 Å². The summed E-state index contributed by atoms with van der Waals surface area (Å²) in [4.78, 5) is 11.2. The number of carbonyl (C=O) groups excluding carboxylic acids is 1. The van der Waals surface area contributed by atoms with E-state index >= 15 is 0 Å². The van der Waals surface area contributed by atoms with Crippen molar-refractivity contribution in [1.29, 1.82) is 0 Å². The summed E-state index contributed by atoms with van der Waals surface area (Å²) in [5.41, 5.74) is 8.03. The minimum absolute atomic E-state index is 0.0770. The van der Waals surface area contributed by atoms with Gasteiger partial charge < -0.3 is 10.2 Å². The first-order chi connectivity index (χ1) is 7.18. The molecule has 15 heavy (non-hydrogen) atoms. The Morgan fingerprint density at radius 3 is 2.47 bits per heavy atom. The predicted molar refractivity (Wildman–Crippen MR) is 58.6 cm³/mol. The van der Waals surface area contributed by atoms with Crippen LogP contribution in [0.3, 0.4) is 0 Å². The SMILES string of the molecule is CC(=O)c1occc1-c1ccc(N)cc1. The highest BCUT2D eigenvalue weighted by Gasteiger charge is 2.12. The number of anilines is 1. The lowest BCUT2D eigenvalue weighted by Gasteiger charge is -2.00. The molecule has 2 rings (SSSR count). The lowest BCUT2D eigenvalue weighted by molar-refractivity contribution is 0.0988. The highest BCUT2D eigenvalue weighted by Crippen LogP contribution is 2.25. The second-order valence-electron chi connectivity index (χ2n) is 3.34. The van der Waals surface area contributed by atoms with E-state index in [1.807, 2.05) is 12.1 Å². The Kier molecular flexibility index (Phi) is 2.29. The second kappa shape index (κ2) is 3.61. The number of hydrogen-bond acceptors (Lipinski definition) is 3. The average Bonchev–Trinajstić information content (AvgIpc) is 2.67. The van der Waals surface area contributed by atoms with Gasteiger partial charge in [-0.15, -0.1) is 0 Å². The summed E-state index contributed by atoms with van der Waals surface area (Å²) in [6.45, 7) is 1.49. The van der Waals surface area contributed by atoms with Crippen LogP contribution in [0, 0.1) is 0 Å². The zero-order valence-electron chi connectivity index (χ0n) is 8.36. The van der Waals surface area contributed by atoms with Crippen molar-refractivity contribution in [3.63, 3.8) is 0 Å². The number of nitrogen functional groups attached to an aromatic ring is 1. The molecule has 0 saturated carbocycles. The summed E-state index contributed by atoms with van der Waals surface area (Å²) < 4.78 is 5.13. The number of ketones is 1. The molecule has 1 heterocycles. The molecule has 0 fully saturated rings. The topological polar surface area (TPSA) is 56.2 Å². The Bertz CT molecular complexity index is 483. The van der Waals surface area contributed by atoms with Gasteiger partial charge in [-0.25, -0.2) is 0 Å². The number of furan rings is 1. The Morgan fingerprint density at radius 1 is 1.20 bits per heavy atom. The van der Waals surface area contributed by atoms with E-state index in [0.29, 0.717) is 11.4 Å². The molecule has 0 aliphatic rings. The molecule has 0 radical (unpaired) electrons. The van der Waals surface area contributed by atoms with Crippen molar-refractivity contribution >= 4 is 11.5 Å². The average molecular weight is 201 g/mol. The molecule has 76 valence electrons. The van der Waals surface area contributed by atoms with Crippen LogP contribution < -0.4 is 5.73 Å². The fraction of sp³-hybridized carbons (Fsp3) is 0.0833. The molecule has 0 amide bonds. The molecule has 0 aliphatic heterocycles. The van der Waals surface area contributed by atoms with Crippen LogP contribution in [-0.2, 0) is 0 Å². The van der Waals surface area contributed by atoms with Crippen molar-refractivity contribution in [3.8, 4) is 11.1 Å². The van der Waals surface area contributed by atoms with Gasteiger partial charge in [-0.2, -0.15) is 0 Å². The highest BCUT2D eigenvalue weighted by atomic mass is 16.3. The van der Waals surface area contributed by atoms with Crippen molar-refractivity contribution in [2.75, 3.05) is 5.73 Å². The van der Waals surface area contributed by atoms with Gasteiger partial charge in [0.05, 0.1) is 6.26 Å². The molecule has 0 aliphatic carbocycles. The third-order valence-corrected chi connectivity index (χ3v) is 2.21. The van der Waals surface area contributed by atoms with Crippen molar-refractivity contribution < 1.29 is 9.21 Å². The maximum absolute atomic E-state index is 11.2. The highest BCUT2D eigenvalue weighted by molar-refractivity contribution is 5.98. The van der Waals surface area contributed by atoms with Gasteiger partial charge in [-0.05, 0) is 23.8 Å². The van der Waals surface area contributed by atoms with Crippen LogP contribution in [0.4, 0.5) is 5.69 Å². The summed E-state index contributed by atoms with van der Waals surface area (Å²) in [7, 11) is 0. The van der Waals surface area contributed by atoms with Crippen LogP contribution in [0.5, 0.6) is 0 Å². The molecule has 1 aromatic carbocycles. The second-order valence-corrected chi connectivity index (χ2v) is 3.34. The van der Waals surface area contributed by atoms with Gasteiger partial charge >= 0.3 is 0 Å². The van der Waals surface area contributed by atoms with Crippen LogP contribution in [0.25, 0.3) is 11.1 Å². The van der Waals surface area contributed by atoms with E-state index in [1.165, 1.54) is 13.2 Å². The first-order valence-electron chi connectivity index (χ1n) is 4.63. The molecule has 3 heteroatoms. The Labute approximate surface area is 87.5 Å². The van der Waals surface area contributed by atoms with Gasteiger partial charge in [0, 0.05) is 18.2 Å². The number of benzene rings is 1. The van der Waals surface area contributed by atoms with E-state index in [1.54, 1.807) is 18.2 Å². The van der Waals surface area contributed by atoms with Crippen LogP contribution in [-0.4, -0.2) is 5.78 Å². The van der Waals surface area contributed by atoms with E-state index in [0.717, 1.165) is 11.1 Å². The standard InChI is InChI=1S/C12H11NO2/c1-8(14)12-11(6-7-15-12)9-2-4-10(13)5-3-9/h2-7H,13H2,1H3. The van der Waals surface area contributed by atoms with Crippen molar-refractivity contribution in [2.45, 2.75) is 6.92 Å². The third-order valence-electron chi connectivity index (χ3n) is 2.21. The molecule has 0 spiro atoms. The van der Waals surface area contributed by atoms with Crippen molar-refractivity contribution in [1.82, 2.24) is 0 Å². The number of Topliss-reactive ketones (excluding diaryl/α,β-unsaturated/α-hetero) is 1. The van der Waals surface area contributed by atoms with Crippen molar-refractivity contribution in [2.24, 2.45) is 0 Å². The molecule has 2 N–H and O–H groups in total. The van der Waals surface area contributed by atoms with E-state index in [2.05, 4.69) is 0 Å². The normalized spacial score (nSPS) is 10.2. The van der Waals surface area contributed by atoms with Gasteiger partial charge in [-0.1, -0.05) is 12.1 Å². The molecule has 0 atom stereocenters. The van der Waals surface area contributed by atoms with Crippen LogP contribution >= 0.6 is 0 Å². The van der Waals surface area contributed by atoms with E-state index < -0.39 is 0 Å². The molecular weight excluding hydrogens is 190 g/mol. The minimum Gasteiger partial charge on any atom is -0.461 e. The molecule has 0 unspecified atom stereocenters. The Hall–Kier alpha value is -2.03. The zero-order valence-corrected chi connectivity index (χ0v) is 8.36. The number of nitrogens with two attached hydrogens (primary N) is 1. The molecular formula is C12H11NO2. The zero-order chi connectivity index (χ0) is 10.8. The molecule has 1 aromatic heterocycles. The quantitative estimate of drug-likeness (QED) is 0.600. The monoisotopic (exact) mass is 201 g/mol. The molecule has 0 saturated heterocycles. The summed E-state index contributed by atoms with van der Waals surface area (Å²) in [6, 6.07) is 9.11. The van der Waals surface area contributed by atoms with Gasteiger partial charge in [0.15, 0.2) is 11.5 Å². The Morgan fingerprint density at radius 2 is 1.87 bits per heavy atom. The number of hydrogen-bond donors (Lipinski definition) is 1. The predicted octanol–water partition coefficient (Wildman–Crippen LogP) is 2.73. The summed E-state index contributed by atoms with van der Waals surface area (Å²) in [6.07, 6.45) is 1.52. The Balaban J connectivity index is 2.49. The molecule has 0 bridgehead atoms. The molecule has 3 nitrogen and oxygen atoms in total. The maximum Gasteiger partial charge on any atom is 0.195 e. The first kappa shape index (κ1) is 9.52. The smallest absolute Gasteiger partial charge is 0.195 e. The largest absolute Gasteiger partial charge is 0.461 e. The number of carbonyl (C=O) groups is 1. The summed E-state index contributed by atoms with van der Waals surface area (Å²) >= 11 is 0. The van der Waals surface area contributed by atoms with Crippen molar-refractivity contribution in [3.05, 3.63) is 42.4 Å². The van der Waals surface area contributed by atoms with E-state index in [9.17, 15) is 4.79 Å². The van der Waals surface area contributed by atoms with Gasteiger partial charge in [0.1, 0.15) is 0 Å². The lowest BCUT2D eigenvalue weighted by Crippen LogP contribution is -1.92. The fourth-order valence-electron chi connectivity index (χ4n) is 1.47. The van der Waals surface area contributed by atoms with Gasteiger partial charge in [0.25, 0.3) is 0 Å². The fourth-order valence-corrected chi connectivity index (χ4v) is 1.47. The molecule has 2 aromatic rings. The van der Waals surface area contributed by atoms with E-state index in [4.69, 9.17) is 10.2 Å². The van der Waals surface area contributed by atoms with Crippen LogP contribution in [0.1, 0.15) is 17.5 Å². The lowest BCUT2D eigenvalue weighted by atomic mass is 10.0. The third kappa shape index (κ3) is 1.76. The first-order valence-corrected chi connectivity index (χ1v) is 4.63. The maximum atomic E-state index is 11.2. The summed E-state index contributed by atoms with van der Waals surface area (Å²) in [5.74, 6) is 0.312. The minimum atomic E-state index is -0.0770. The van der Waals surface area contributed by atoms with Gasteiger partial charge in [-0.3, -0.25) is 4.79 Å². The number of rotatable bonds is 2. The summed E-state index contributed by atoms with van der Waals surface area (Å²) in [5, 5.41) is 0. The van der Waals surface area contributed by atoms with Gasteiger partial charge in [0.2, 0.25) is 0 Å².